The van der Waals surface area contributed by atoms with E-state index in [0.717, 1.165) is 23.7 Å². The molecule has 4 unspecified atom stereocenters. The first kappa shape index (κ1) is 10.5. The van der Waals surface area contributed by atoms with Crippen molar-refractivity contribution in [1.29, 1.82) is 0 Å². The Kier molecular flexibility index (Phi) is 3.28. The van der Waals surface area contributed by atoms with Crippen molar-refractivity contribution in [3.8, 4) is 0 Å². The van der Waals surface area contributed by atoms with E-state index in [1.54, 1.807) is 25.7 Å². The SMILES string of the molecule is C1CCC2C(C1)CSCC1CCCCC12. The number of hydrogen-bond donors (Lipinski definition) is 0. The molecule has 3 fully saturated rings. The first-order chi connectivity index (χ1) is 7.45. The van der Waals surface area contributed by atoms with Crippen LogP contribution in [0.2, 0.25) is 0 Å². The fraction of sp³-hybridized carbons (Fsp3) is 1.00. The van der Waals surface area contributed by atoms with Crippen LogP contribution < -0.4 is 0 Å². The van der Waals surface area contributed by atoms with Gasteiger partial charge in [0.15, 0.2) is 0 Å². The summed E-state index contributed by atoms with van der Waals surface area (Å²) < 4.78 is 0. The third kappa shape index (κ3) is 2.09. The van der Waals surface area contributed by atoms with Gasteiger partial charge >= 0.3 is 0 Å². The molecule has 3 aliphatic rings. The van der Waals surface area contributed by atoms with Gasteiger partial charge in [-0.15, -0.1) is 0 Å². The summed E-state index contributed by atoms with van der Waals surface area (Å²) in [4.78, 5) is 0. The Morgan fingerprint density at radius 1 is 0.600 bits per heavy atom. The molecule has 1 heteroatoms. The average molecular weight is 224 g/mol. The zero-order valence-electron chi connectivity index (χ0n) is 9.79. The Labute approximate surface area is 98.6 Å². The molecular formula is C14H24S. The van der Waals surface area contributed by atoms with Crippen LogP contribution in [-0.4, -0.2) is 11.5 Å². The quantitative estimate of drug-likeness (QED) is 0.589. The van der Waals surface area contributed by atoms with Crippen LogP contribution in [-0.2, 0) is 0 Å². The molecule has 3 rings (SSSR count). The van der Waals surface area contributed by atoms with E-state index in [2.05, 4.69) is 11.8 Å². The van der Waals surface area contributed by atoms with Crippen LogP contribution >= 0.6 is 11.8 Å². The molecule has 1 aliphatic heterocycles. The van der Waals surface area contributed by atoms with E-state index in [-0.39, 0.29) is 0 Å². The van der Waals surface area contributed by atoms with Gasteiger partial charge < -0.3 is 0 Å². The number of fused-ring (bicyclic) bond motifs is 3. The topological polar surface area (TPSA) is 0 Å². The molecule has 2 saturated carbocycles. The van der Waals surface area contributed by atoms with Crippen LogP contribution in [0, 0.1) is 23.7 Å². The lowest BCUT2D eigenvalue weighted by Gasteiger charge is -2.40. The highest BCUT2D eigenvalue weighted by atomic mass is 32.2. The lowest BCUT2D eigenvalue weighted by Crippen LogP contribution is -2.33. The number of thioether (sulfide) groups is 1. The third-order valence-corrected chi connectivity index (χ3v) is 6.48. The van der Waals surface area contributed by atoms with Crippen LogP contribution in [0.4, 0.5) is 0 Å². The molecule has 1 saturated heterocycles. The summed E-state index contributed by atoms with van der Waals surface area (Å²) in [5.74, 6) is 7.49. The summed E-state index contributed by atoms with van der Waals surface area (Å²) in [6, 6.07) is 0. The van der Waals surface area contributed by atoms with Crippen molar-refractivity contribution in [3.05, 3.63) is 0 Å². The molecule has 0 nitrogen and oxygen atoms in total. The van der Waals surface area contributed by atoms with Crippen LogP contribution in [0.5, 0.6) is 0 Å². The molecule has 0 bridgehead atoms. The van der Waals surface area contributed by atoms with Gasteiger partial charge in [-0.05, 0) is 60.9 Å². The molecule has 1 heterocycles. The van der Waals surface area contributed by atoms with E-state index in [1.807, 2.05) is 0 Å². The van der Waals surface area contributed by atoms with Crippen molar-refractivity contribution < 1.29 is 0 Å². The molecule has 2 aliphatic carbocycles. The van der Waals surface area contributed by atoms with Gasteiger partial charge in [0.05, 0.1) is 0 Å². The van der Waals surface area contributed by atoms with Gasteiger partial charge in [0.2, 0.25) is 0 Å². The van der Waals surface area contributed by atoms with E-state index in [1.165, 1.54) is 37.2 Å². The third-order valence-electron chi connectivity index (χ3n) is 5.15. The zero-order chi connectivity index (χ0) is 10.1. The minimum Gasteiger partial charge on any atom is -0.161 e. The largest absolute Gasteiger partial charge is 0.161 e. The maximum absolute atomic E-state index is 2.29. The standard InChI is InChI=1S/C14H24S/c1-3-7-13-11(5-1)9-15-10-12-6-2-4-8-14(12)13/h11-14H,1-10H2. The Bertz CT molecular complexity index is 191. The highest BCUT2D eigenvalue weighted by molar-refractivity contribution is 7.99. The van der Waals surface area contributed by atoms with E-state index in [9.17, 15) is 0 Å². The first-order valence-electron chi connectivity index (χ1n) is 7.03. The predicted octanol–water partition coefficient (Wildman–Crippen LogP) is 4.35. The van der Waals surface area contributed by atoms with Gasteiger partial charge in [-0.2, -0.15) is 11.8 Å². The minimum atomic E-state index is 1.11. The molecule has 0 aromatic heterocycles. The summed E-state index contributed by atoms with van der Waals surface area (Å²) in [6.45, 7) is 0. The maximum atomic E-state index is 2.29. The zero-order valence-corrected chi connectivity index (χ0v) is 10.6. The molecule has 0 radical (unpaired) electrons. The fourth-order valence-electron chi connectivity index (χ4n) is 4.38. The van der Waals surface area contributed by atoms with Crippen molar-refractivity contribution >= 4 is 11.8 Å². The first-order valence-corrected chi connectivity index (χ1v) is 8.18. The van der Waals surface area contributed by atoms with Crippen LogP contribution in [0.25, 0.3) is 0 Å². The van der Waals surface area contributed by atoms with E-state index in [0.29, 0.717) is 0 Å². The van der Waals surface area contributed by atoms with Crippen LogP contribution in [0.1, 0.15) is 51.4 Å². The van der Waals surface area contributed by atoms with Crippen molar-refractivity contribution in [3.63, 3.8) is 0 Å². The van der Waals surface area contributed by atoms with Gasteiger partial charge in [0.25, 0.3) is 0 Å². The fourth-order valence-corrected chi connectivity index (χ4v) is 5.95. The maximum Gasteiger partial charge on any atom is -0.00363 e. The second kappa shape index (κ2) is 4.69. The molecule has 0 aromatic carbocycles. The molecule has 86 valence electrons. The minimum absolute atomic E-state index is 1.11. The van der Waals surface area contributed by atoms with Gasteiger partial charge in [0.1, 0.15) is 0 Å². The lowest BCUT2D eigenvalue weighted by atomic mass is 9.65. The van der Waals surface area contributed by atoms with E-state index < -0.39 is 0 Å². The van der Waals surface area contributed by atoms with Crippen molar-refractivity contribution in [1.82, 2.24) is 0 Å². The van der Waals surface area contributed by atoms with Crippen LogP contribution in [0.3, 0.4) is 0 Å². The summed E-state index contributed by atoms with van der Waals surface area (Å²) in [6.07, 6.45) is 12.4. The molecule has 15 heavy (non-hydrogen) atoms. The van der Waals surface area contributed by atoms with E-state index in [4.69, 9.17) is 0 Å². The monoisotopic (exact) mass is 224 g/mol. The molecule has 0 amide bonds. The Morgan fingerprint density at radius 2 is 1.07 bits per heavy atom. The number of rotatable bonds is 0. The summed E-state index contributed by atoms with van der Waals surface area (Å²) in [5.41, 5.74) is 0. The van der Waals surface area contributed by atoms with Gasteiger partial charge in [-0.1, -0.05) is 25.7 Å². The summed E-state index contributed by atoms with van der Waals surface area (Å²) >= 11 is 2.29. The number of hydrogen-bond acceptors (Lipinski definition) is 1. The lowest BCUT2D eigenvalue weighted by molar-refractivity contribution is 0.106. The second-order valence-corrected chi connectivity index (χ2v) is 7.03. The predicted molar refractivity (Wildman–Crippen MR) is 68.2 cm³/mol. The van der Waals surface area contributed by atoms with Gasteiger partial charge in [-0.3, -0.25) is 0 Å². The average Bonchev–Trinajstić information content (AvgIpc) is 2.48. The second-order valence-electron chi connectivity index (χ2n) is 5.95. The highest BCUT2D eigenvalue weighted by Gasteiger charge is 2.39. The molecule has 0 N–H and O–H groups in total. The van der Waals surface area contributed by atoms with Crippen molar-refractivity contribution in [2.24, 2.45) is 23.7 Å². The summed E-state index contributed by atoms with van der Waals surface area (Å²) in [5, 5.41) is 0. The smallest absolute Gasteiger partial charge is 0.00363 e. The van der Waals surface area contributed by atoms with Crippen LogP contribution in [0.15, 0.2) is 0 Å². The van der Waals surface area contributed by atoms with E-state index >= 15 is 0 Å². The molecule has 4 atom stereocenters. The van der Waals surface area contributed by atoms with Gasteiger partial charge in [-0.25, -0.2) is 0 Å². The molecule has 0 spiro atoms. The Balaban J connectivity index is 1.77. The molecular weight excluding hydrogens is 200 g/mol. The highest BCUT2D eigenvalue weighted by Crippen LogP contribution is 2.48. The van der Waals surface area contributed by atoms with Gasteiger partial charge in [0, 0.05) is 0 Å². The normalized spacial score (nSPS) is 46.4. The molecule has 0 aromatic rings. The Hall–Kier alpha value is 0.350. The Morgan fingerprint density at radius 3 is 1.60 bits per heavy atom. The van der Waals surface area contributed by atoms with Crippen molar-refractivity contribution in [2.75, 3.05) is 11.5 Å². The summed E-state index contributed by atoms with van der Waals surface area (Å²) in [7, 11) is 0. The van der Waals surface area contributed by atoms with Crippen molar-refractivity contribution in [2.45, 2.75) is 51.4 Å².